The number of rotatable bonds is 7. The molecule has 1 amide bonds. The van der Waals surface area contributed by atoms with Crippen molar-refractivity contribution in [2.75, 3.05) is 13.1 Å². The summed E-state index contributed by atoms with van der Waals surface area (Å²) in [6, 6.07) is 11.2. The van der Waals surface area contributed by atoms with Gasteiger partial charge in [0, 0.05) is 56.6 Å². The van der Waals surface area contributed by atoms with Gasteiger partial charge in [-0.3, -0.25) is 14.6 Å². The van der Waals surface area contributed by atoms with Crippen LogP contribution in [-0.4, -0.2) is 60.6 Å². The maximum absolute atomic E-state index is 13.0. The molecule has 5 rings (SSSR count). The van der Waals surface area contributed by atoms with Gasteiger partial charge in [-0.1, -0.05) is 31.2 Å². The Bertz CT molecular complexity index is 1190. The van der Waals surface area contributed by atoms with Crippen molar-refractivity contribution in [3.05, 3.63) is 77.1 Å². The number of amides is 1. The van der Waals surface area contributed by atoms with E-state index in [1.807, 2.05) is 23.7 Å². The molecule has 0 bridgehead atoms. The van der Waals surface area contributed by atoms with Gasteiger partial charge in [0.1, 0.15) is 17.8 Å². The molecule has 2 aliphatic rings. The fourth-order valence-corrected chi connectivity index (χ4v) is 4.73. The Hall–Kier alpha value is -3.39. The Morgan fingerprint density at radius 3 is 2.70 bits per heavy atom. The highest BCUT2D eigenvalue weighted by Gasteiger charge is 2.56. The summed E-state index contributed by atoms with van der Waals surface area (Å²) >= 11 is 0. The highest BCUT2D eigenvalue weighted by Crippen LogP contribution is 2.45. The number of carbonyl (C=O) groups excluding carboxylic acids is 2. The number of carbonyl (C=O) groups is 2. The highest BCUT2D eigenvalue weighted by molar-refractivity contribution is 6.00. The van der Waals surface area contributed by atoms with Crippen LogP contribution in [0.4, 0.5) is 0 Å². The van der Waals surface area contributed by atoms with Crippen molar-refractivity contribution in [1.82, 2.24) is 24.6 Å². The third-order valence-electron chi connectivity index (χ3n) is 6.91. The molecule has 0 spiro atoms. The number of ketones is 1. The van der Waals surface area contributed by atoms with Crippen LogP contribution in [0.3, 0.4) is 0 Å². The second-order valence-corrected chi connectivity index (χ2v) is 9.27. The van der Waals surface area contributed by atoms with Gasteiger partial charge in [-0.05, 0) is 29.2 Å². The fourth-order valence-electron chi connectivity index (χ4n) is 4.73. The van der Waals surface area contributed by atoms with Crippen LogP contribution in [0.25, 0.3) is 0 Å². The van der Waals surface area contributed by atoms with Crippen molar-refractivity contribution in [3.8, 4) is 0 Å². The van der Waals surface area contributed by atoms with Gasteiger partial charge in [-0.2, -0.15) is 0 Å². The topological polar surface area (TPSA) is 101 Å². The van der Waals surface area contributed by atoms with E-state index in [0.717, 1.165) is 23.4 Å². The number of nitrogens with zero attached hydrogens (tertiary/aromatic N) is 5. The first kappa shape index (κ1) is 21.5. The largest absolute Gasteiger partial charge is 0.392 e. The first-order valence-electron chi connectivity index (χ1n) is 11.3. The van der Waals surface area contributed by atoms with Crippen LogP contribution in [0, 0.1) is 11.8 Å². The molecule has 33 heavy (non-hydrogen) atoms. The number of likely N-dealkylation sites (tertiary alicyclic amines) is 1. The van der Waals surface area contributed by atoms with E-state index in [1.165, 1.54) is 6.20 Å². The van der Waals surface area contributed by atoms with E-state index < -0.39 is 0 Å². The lowest BCUT2D eigenvalue weighted by Crippen LogP contribution is -2.32. The molecule has 170 valence electrons. The van der Waals surface area contributed by atoms with Gasteiger partial charge >= 0.3 is 0 Å². The van der Waals surface area contributed by atoms with Crippen LogP contribution in [0.1, 0.15) is 50.6 Å². The molecular weight excluding hydrogens is 418 g/mol. The average Bonchev–Trinajstić information content (AvgIpc) is 3.17. The van der Waals surface area contributed by atoms with Crippen LogP contribution >= 0.6 is 0 Å². The number of aromatic nitrogens is 4. The molecule has 2 aromatic heterocycles. The van der Waals surface area contributed by atoms with E-state index >= 15 is 0 Å². The first-order valence-corrected chi connectivity index (χ1v) is 11.3. The summed E-state index contributed by atoms with van der Waals surface area (Å²) < 4.78 is 1.91. The lowest BCUT2D eigenvalue weighted by molar-refractivity contribution is 0.0746. The molecule has 2 fully saturated rings. The zero-order valence-electron chi connectivity index (χ0n) is 18.8. The SMILES string of the molecule is C[C@H](Cc1nncn1C)c1cccc(CC(=O)c2cc(C(=O)N3C[C@@H]4C(O)[C@@H]4C3)ccn2)c1. The Morgan fingerprint density at radius 1 is 1.18 bits per heavy atom. The van der Waals surface area contributed by atoms with Crippen molar-refractivity contribution in [2.24, 2.45) is 18.9 Å². The summed E-state index contributed by atoms with van der Waals surface area (Å²) in [7, 11) is 1.93. The summed E-state index contributed by atoms with van der Waals surface area (Å²) in [5.41, 5.74) is 2.81. The molecule has 1 aliphatic carbocycles. The fraction of sp³-hybridized carbons (Fsp3) is 0.400. The van der Waals surface area contributed by atoms with Crippen LogP contribution in [-0.2, 0) is 19.9 Å². The van der Waals surface area contributed by atoms with E-state index in [4.69, 9.17) is 0 Å². The van der Waals surface area contributed by atoms with Gasteiger partial charge < -0.3 is 14.6 Å². The smallest absolute Gasteiger partial charge is 0.254 e. The predicted octanol–water partition coefficient (Wildman–Crippen LogP) is 2.04. The zero-order valence-corrected chi connectivity index (χ0v) is 18.8. The second kappa shape index (κ2) is 8.51. The van der Waals surface area contributed by atoms with Gasteiger partial charge in [0.05, 0.1) is 6.10 Å². The summed E-state index contributed by atoms with van der Waals surface area (Å²) in [6.07, 6.45) is 3.93. The molecular formula is C25H27N5O3. The van der Waals surface area contributed by atoms with Gasteiger partial charge in [-0.15, -0.1) is 10.2 Å². The number of fused-ring (bicyclic) bond motifs is 1. The summed E-state index contributed by atoms with van der Waals surface area (Å²) in [5.74, 6) is 1.33. The van der Waals surface area contributed by atoms with Crippen molar-refractivity contribution in [3.63, 3.8) is 0 Å². The Morgan fingerprint density at radius 2 is 1.97 bits per heavy atom. The second-order valence-electron chi connectivity index (χ2n) is 9.27. The summed E-state index contributed by atoms with van der Waals surface area (Å²) in [6.45, 7) is 3.29. The van der Waals surface area contributed by atoms with Crippen LogP contribution in [0.5, 0.6) is 0 Å². The third-order valence-corrected chi connectivity index (χ3v) is 6.91. The van der Waals surface area contributed by atoms with E-state index in [-0.39, 0.29) is 42.0 Å². The Kier molecular flexibility index (Phi) is 5.54. The lowest BCUT2D eigenvalue weighted by Gasteiger charge is -2.19. The van der Waals surface area contributed by atoms with E-state index in [9.17, 15) is 14.7 Å². The minimum atomic E-state index is -0.262. The molecule has 1 unspecified atom stereocenters. The van der Waals surface area contributed by atoms with E-state index in [1.54, 1.807) is 23.4 Å². The number of piperidine rings is 1. The van der Waals surface area contributed by atoms with Gasteiger partial charge in [0.2, 0.25) is 0 Å². The van der Waals surface area contributed by atoms with E-state index in [2.05, 4.69) is 34.2 Å². The van der Waals surface area contributed by atoms with Gasteiger partial charge in [0.15, 0.2) is 5.78 Å². The molecule has 1 saturated carbocycles. The van der Waals surface area contributed by atoms with Gasteiger partial charge in [-0.25, -0.2) is 0 Å². The minimum absolute atomic E-state index is 0.106. The van der Waals surface area contributed by atoms with Crippen LogP contribution < -0.4 is 0 Å². The minimum Gasteiger partial charge on any atom is -0.392 e. The maximum atomic E-state index is 13.0. The number of Topliss-reactive ketones (excluding diaryl/α,β-unsaturated/α-hetero) is 1. The molecule has 1 N–H and O–H groups in total. The van der Waals surface area contributed by atoms with Crippen molar-refractivity contribution < 1.29 is 14.7 Å². The number of aliphatic hydroxyl groups excluding tert-OH is 1. The van der Waals surface area contributed by atoms with Crippen LogP contribution in [0.2, 0.25) is 0 Å². The molecule has 1 aromatic carbocycles. The van der Waals surface area contributed by atoms with Gasteiger partial charge in [0.25, 0.3) is 5.91 Å². The highest BCUT2D eigenvalue weighted by atomic mass is 16.3. The average molecular weight is 446 g/mol. The summed E-state index contributed by atoms with van der Waals surface area (Å²) in [5, 5.41) is 17.8. The molecule has 3 heterocycles. The van der Waals surface area contributed by atoms with Crippen molar-refractivity contribution in [1.29, 1.82) is 0 Å². The monoisotopic (exact) mass is 445 g/mol. The normalized spacial score (nSPS) is 22.2. The Balaban J connectivity index is 1.25. The standard InChI is InChI=1S/C25H27N5O3/c1-15(8-23-28-27-14-29(23)2)17-5-3-4-16(9-17)10-22(31)21-11-18(6-7-26-21)25(33)30-12-19-20(13-30)24(19)32/h3-7,9,11,14-15,19-20,24,32H,8,10,12-13H2,1-2H3/t15-,19-,20+,24?/m1/s1. The predicted molar refractivity (Wildman–Crippen MR) is 121 cm³/mol. The molecule has 1 aliphatic heterocycles. The molecule has 0 radical (unpaired) electrons. The third kappa shape index (κ3) is 4.30. The number of benzene rings is 1. The maximum Gasteiger partial charge on any atom is 0.254 e. The van der Waals surface area contributed by atoms with E-state index in [0.29, 0.717) is 24.3 Å². The molecule has 4 atom stereocenters. The number of pyridine rings is 1. The number of aliphatic hydroxyl groups is 1. The molecule has 8 heteroatoms. The quantitative estimate of drug-likeness (QED) is 0.559. The molecule has 8 nitrogen and oxygen atoms in total. The number of hydrogen-bond acceptors (Lipinski definition) is 6. The van der Waals surface area contributed by atoms with Crippen LogP contribution in [0.15, 0.2) is 48.9 Å². The number of hydrogen-bond donors (Lipinski definition) is 1. The first-order chi connectivity index (χ1) is 15.9. The lowest BCUT2D eigenvalue weighted by atomic mass is 9.94. The zero-order chi connectivity index (χ0) is 23.1. The van der Waals surface area contributed by atoms with Crippen molar-refractivity contribution >= 4 is 11.7 Å². The molecule has 3 aromatic rings. The molecule has 1 saturated heterocycles. The van der Waals surface area contributed by atoms with Crippen molar-refractivity contribution in [2.45, 2.75) is 31.8 Å². The number of aryl methyl sites for hydroxylation is 1. The Labute approximate surface area is 192 Å². The summed E-state index contributed by atoms with van der Waals surface area (Å²) in [4.78, 5) is 31.7.